The van der Waals surface area contributed by atoms with Gasteiger partial charge in [0.05, 0.1) is 24.7 Å². The van der Waals surface area contributed by atoms with Crippen molar-refractivity contribution < 1.29 is 23.0 Å². The number of alkyl halides is 3. The summed E-state index contributed by atoms with van der Waals surface area (Å²) in [5, 5.41) is 16.4. The van der Waals surface area contributed by atoms with Gasteiger partial charge < -0.3 is 19.3 Å². The van der Waals surface area contributed by atoms with Crippen LogP contribution in [0, 0.1) is 6.92 Å². The van der Waals surface area contributed by atoms with Gasteiger partial charge in [-0.05, 0) is 49.8 Å². The molecule has 0 amide bonds. The molecule has 0 radical (unpaired) electrons. The normalized spacial score (nSPS) is 17.8. The molecule has 0 bridgehead atoms. The maximum absolute atomic E-state index is 13.6. The molecule has 0 spiro atoms. The lowest BCUT2D eigenvalue weighted by Gasteiger charge is -2.35. The number of aliphatic hydroxyl groups excluding tert-OH is 1. The number of hydrogen-bond donors (Lipinski definition) is 1. The van der Waals surface area contributed by atoms with E-state index in [2.05, 4.69) is 20.1 Å². The Kier molecular flexibility index (Phi) is 7.09. The second kappa shape index (κ2) is 11.3. The zero-order valence-corrected chi connectivity index (χ0v) is 26.5. The molecule has 14 heteroatoms. The van der Waals surface area contributed by atoms with E-state index in [4.69, 9.17) is 14.7 Å². The van der Waals surface area contributed by atoms with E-state index in [9.17, 15) is 18.3 Å². The minimum Gasteiger partial charge on any atom is -0.480 e. The summed E-state index contributed by atoms with van der Waals surface area (Å²) in [5.41, 5.74) is 4.98. The molecule has 2 aliphatic carbocycles. The quantitative estimate of drug-likeness (QED) is 0.216. The van der Waals surface area contributed by atoms with E-state index in [-0.39, 0.29) is 18.5 Å². The lowest BCUT2D eigenvalue weighted by atomic mass is 9.99. The van der Waals surface area contributed by atoms with Crippen LogP contribution in [0.5, 0.6) is 5.88 Å². The maximum atomic E-state index is 13.6. The summed E-state index contributed by atoms with van der Waals surface area (Å²) in [7, 11) is 3.37. The van der Waals surface area contributed by atoms with Crippen molar-refractivity contribution in [3.8, 4) is 28.7 Å². The van der Waals surface area contributed by atoms with Crippen LogP contribution in [0.1, 0.15) is 71.4 Å². The highest BCUT2D eigenvalue weighted by atomic mass is 19.4. The summed E-state index contributed by atoms with van der Waals surface area (Å²) in [6.45, 7) is 2.17. The Morgan fingerprint density at radius 2 is 1.77 bits per heavy atom. The van der Waals surface area contributed by atoms with Gasteiger partial charge in [0, 0.05) is 54.6 Å². The van der Waals surface area contributed by atoms with Gasteiger partial charge in [0.15, 0.2) is 17.7 Å². The SMILES string of the molecule is COc1ncnc(C2CC2)c1-c1ncc2c(n1)N(Cc1ccc(-c3nc(C(F)(F)F)cn3C3CC3)cc1)C(O)C(c1c(C)cnn1C)=C2. The van der Waals surface area contributed by atoms with Gasteiger partial charge in [-0.2, -0.15) is 18.3 Å². The van der Waals surface area contributed by atoms with E-state index in [0.717, 1.165) is 54.4 Å². The fraction of sp³-hybridized carbons (Fsp3) is 0.353. The second-order valence-corrected chi connectivity index (χ2v) is 12.6. The summed E-state index contributed by atoms with van der Waals surface area (Å²) in [6, 6.07) is 7.25. The van der Waals surface area contributed by atoms with Gasteiger partial charge in [-0.25, -0.2) is 24.9 Å². The predicted molar refractivity (Wildman–Crippen MR) is 171 cm³/mol. The van der Waals surface area contributed by atoms with Crippen molar-refractivity contribution in [1.29, 1.82) is 0 Å². The van der Waals surface area contributed by atoms with Crippen LogP contribution >= 0.6 is 0 Å². The van der Waals surface area contributed by atoms with Gasteiger partial charge >= 0.3 is 6.18 Å². The van der Waals surface area contributed by atoms with Gasteiger partial charge in [0.25, 0.3) is 0 Å². The molecule has 1 aromatic carbocycles. The molecule has 5 heterocycles. The minimum absolute atomic E-state index is 0.0203. The zero-order chi connectivity index (χ0) is 33.3. The number of aliphatic hydroxyl groups is 1. The first-order chi connectivity index (χ1) is 23.1. The number of halogens is 3. The van der Waals surface area contributed by atoms with Crippen LogP contribution in [0.2, 0.25) is 0 Å². The third-order valence-electron chi connectivity index (χ3n) is 9.10. The highest BCUT2D eigenvalue weighted by molar-refractivity contribution is 5.91. The Balaban J connectivity index is 1.19. The minimum atomic E-state index is -4.53. The third kappa shape index (κ3) is 5.29. The molecule has 4 aromatic heterocycles. The van der Waals surface area contributed by atoms with Crippen molar-refractivity contribution >= 4 is 17.5 Å². The summed E-state index contributed by atoms with van der Waals surface area (Å²) in [5.74, 6) is 1.84. The van der Waals surface area contributed by atoms with Gasteiger partial charge in [-0.15, -0.1) is 0 Å². The molecule has 1 N–H and O–H groups in total. The van der Waals surface area contributed by atoms with Crippen LogP contribution in [0.3, 0.4) is 0 Å². The van der Waals surface area contributed by atoms with Crippen LogP contribution in [-0.4, -0.2) is 57.7 Å². The number of ether oxygens (including phenoxy) is 1. The van der Waals surface area contributed by atoms with Crippen LogP contribution in [0.4, 0.5) is 19.0 Å². The number of methoxy groups -OCH3 is 1. The molecule has 1 atom stereocenters. The van der Waals surface area contributed by atoms with Gasteiger partial charge in [-0.3, -0.25) is 4.68 Å². The average Bonchev–Trinajstić information content (AvgIpc) is 4.02. The summed E-state index contributed by atoms with van der Waals surface area (Å²) in [6.07, 6.45) is 5.98. The fourth-order valence-corrected chi connectivity index (χ4v) is 6.42. The number of benzene rings is 1. The molecule has 3 aliphatic rings. The molecule has 48 heavy (non-hydrogen) atoms. The van der Waals surface area contributed by atoms with Crippen molar-refractivity contribution in [1.82, 2.24) is 39.3 Å². The molecular weight excluding hydrogens is 623 g/mol. The smallest absolute Gasteiger partial charge is 0.434 e. The van der Waals surface area contributed by atoms with Crippen molar-refractivity contribution in [2.75, 3.05) is 12.0 Å². The maximum Gasteiger partial charge on any atom is 0.434 e. The largest absolute Gasteiger partial charge is 0.480 e. The summed E-state index contributed by atoms with van der Waals surface area (Å²) < 4.78 is 49.6. The molecule has 8 rings (SSSR count). The Morgan fingerprint density at radius 3 is 2.42 bits per heavy atom. The number of imidazole rings is 1. The molecule has 1 unspecified atom stereocenters. The lowest BCUT2D eigenvalue weighted by Crippen LogP contribution is -2.39. The number of fused-ring (bicyclic) bond motifs is 1. The lowest BCUT2D eigenvalue weighted by molar-refractivity contribution is -0.140. The first kappa shape index (κ1) is 30.2. The first-order valence-corrected chi connectivity index (χ1v) is 15.8. The third-order valence-corrected chi connectivity index (χ3v) is 9.10. The van der Waals surface area contributed by atoms with Crippen molar-refractivity contribution in [3.05, 3.63) is 83.0 Å². The molecule has 0 saturated heterocycles. The first-order valence-electron chi connectivity index (χ1n) is 15.8. The molecule has 2 saturated carbocycles. The fourth-order valence-electron chi connectivity index (χ4n) is 6.42. The van der Waals surface area contributed by atoms with Crippen molar-refractivity contribution in [2.45, 2.75) is 63.5 Å². The number of anilines is 1. The van der Waals surface area contributed by atoms with Crippen LogP contribution in [0.15, 0.2) is 49.2 Å². The zero-order valence-electron chi connectivity index (χ0n) is 26.5. The van der Waals surface area contributed by atoms with E-state index in [1.165, 1.54) is 6.33 Å². The van der Waals surface area contributed by atoms with Crippen LogP contribution in [-0.2, 0) is 19.8 Å². The van der Waals surface area contributed by atoms with Crippen molar-refractivity contribution in [2.24, 2.45) is 7.05 Å². The molecular formula is C34H32F3N9O2. The standard InChI is InChI=1S/C34H32F3N9O2/c1-18-13-41-44(2)28(18)24-12-22-14-38-29(26-27(20-8-9-20)39-17-40-32(26)48-3)43-31(22)46(33(24)47)15-19-4-6-21(7-5-19)30-42-25(34(35,36)37)16-45(30)23-10-11-23/h4-7,12-14,16-17,20,23,33,47H,8-11,15H2,1-3H3. The number of aromatic nitrogens is 8. The Bertz CT molecular complexity index is 2040. The molecule has 2 fully saturated rings. The summed E-state index contributed by atoms with van der Waals surface area (Å²) in [4.78, 5) is 24.3. The predicted octanol–water partition coefficient (Wildman–Crippen LogP) is 5.96. The topological polar surface area (TPSA) is 120 Å². The van der Waals surface area contributed by atoms with Gasteiger partial charge in [0.2, 0.25) is 5.88 Å². The molecule has 246 valence electrons. The molecule has 1 aliphatic heterocycles. The number of hydrogen-bond acceptors (Lipinski definition) is 9. The van der Waals surface area contributed by atoms with Crippen LogP contribution in [0.25, 0.3) is 34.4 Å². The van der Waals surface area contributed by atoms with E-state index in [1.807, 2.05) is 32.2 Å². The van der Waals surface area contributed by atoms with Gasteiger partial charge in [-0.1, -0.05) is 24.3 Å². The van der Waals surface area contributed by atoms with E-state index < -0.39 is 18.1 Å². The van der Waals surface area contributed by atoms with Crippen molar-refractivity contribution in [3.63, 3.8) is 0 Å². The molecule has 11 nitrogen and oxygen atoms in total. The van der Waals surface area contributed by atoms with E-state index >= 15 is 0 Å². The second-order valence-electron chi connectivity index (χ2n) is 12.6. The van der Waals surface area contributed by atoms with E-state index in [0.29, 0.717) is 45.6 Å². The monoisotopic (exact) mass is 655 g/mol. The number of rotatable bonds is 8. The van der Waals surface area contributed by atoms with Crippen LogP contribution < -0.4 is 9.64 Å². The number of nitrogens with zero attached hydrogens (tertiary/aromatic N) is 9. The average molecular weight is 656 g/mol. The Hall–Kier alpha value is -5.11. The highest BCUT2D eigenvalue weighted by Gasteiger charge is 2.38. The molecule has 5 aromatic rings. The van der Waals surface area contributed by atoms with E-state index in [1.54, 1.807) is 45.8 Å². The highest BCUT2D eigenvalue weighted by Crippen LogP contribution is 2.46. The summed E-state index contributed by atoms with van der Waals surface area (Å²) >= 11 is 0. The Morgan fingerprint density at radius 1 is 1.00 bits per heavy atom. The number of aryl methyl sites for hydroxylation is 2. The Labute approximate surface area is 273 Å². The van der Waals surface area contributed by atoms with Gasteiger partial charge in [0.1, 0.15) is 23.5 Å².